The van der Waals surface area contributed by atoms with Gasteiger partial charge in [0.05, 0.1) is 11.9 Å². The Morgan fingerprint density at radius 3 is 3.00 bits per heavy atom. The van der Waals surface area contributed by atoms with Crippen molar-refractivity contribution in [2.75, 3.05) is 11.9 Å². The Labute approximate surface area is 103 Å². The van der Waals surface area contributed by atoms with Crippen molar-refractivity contribution in [2.45, 2.75) is 6.10 Å². The van der Waals surface area contributed by atoms with Gasteiger partial charge >= 0.3 is 0 Å². The third-order valence-electron chi connectivity index (χ3n) is 2.57. The molecule has 0 spiro atoms. The van der Waals surface area contributed by atoms with E-state index in [0.29, 0.717) is 17.2 Å². The number of aromatic amines is 1. The molecule has 2 aromatic rings. The molecule has 0 radical (unpaired) electrons. The molecular formula is C12H11N3O3. The minimum Gasteiger partial charge on any atom is -0.485 e. The van der Waals surface area contributed by atoms with E-state index in [1.165, 1.54) is 6.20 Å². The van der Waals surface area contributed by atoms with Gasteiger partial charge < -0.3 is 14.8 Å². The van der Waals surface area contributed by atoms with Gasteiger partial charge in [0.1, 0.15) is 6.61 Å². The van der Waals surface area contributed by atoms with Gasteiger partial charge in [-0.25, -0.2) is 0 Å². The number of para-hydroxylation sites is 2. The lowest BCUT2D eigenvalue weighted by Crippen LogP contribution is -2.40. The maximum atomic E-state index is 11.9. The molecule has 2 heterocycles. The summed E-state index contributed by atoms with van der Waals surface area (Å²) in [5, 5.41) is 9.05. The predicted octanol–water partition coefficient (Wildman–Crippen LogP) is 1.19. The van der Waals surface area contributed by atoms with Crippen LogP contribution in [0.15, 0.2) is 36.7 Å². The van der Waals surface area contributed by atoms with Crippen LogP contribution in [0.2, 0.25) is 0 Å². The summed E-state index contributed by atoms with van der Waals surface area (Å²) in [6.07, 6.45) is 2.46. The van der Waals surface area contributed by atoms with Crippen molar-refractivity contribution in [1.82, 2.24) is 10.2 Å². The van der Waals surface area contributed by atoms with E-state index < -0.39 is 6.10 Å². The lowest BCUT2D eigenvalue weighted by molar-refractivity contribution is -0.125. The number of rotatable bonds is 2. The van der Waals surface area contributed by atoms with Crippen LogP contribution in [0.25, 0.3) is 0 Å². The van der Waals surface area contributed by atoms with Crippen LogP contribution in [0, 0.1) is 0 Å². The molecule has 1 aliphatic heterocycles. The highest BCUT2D eigenvalue weighted by Gasteiger charge is 2.27. The highest BCUT2D eigenvalue weighted by molar-refractivity contribution is 5.94. The molecule has 18 heavy (non-hydrogen) atoms. The number of nitrogens with one attached hydrogen (secondary N) is 2. The molecule has 0 saturated heterocycles. The summed E-state index contributed by atoms with van der Waals surface area (Å²) in [6, 6.07) is 7.26. The molecule has 6 heteroatoms. The number of nitrogens with zero attached hydrogens (tertiary/aromatic N) is 1. The molecule has 1 amide bonds. The largest absolute Gasteiger partial charge is 0.485 e. The third-order valence-corrected chi connectivity index (χ3v) is 2.57. The molecule has 0 bridgehead atoms. The van der Waals surface area contributed by atoms with Crippen molar-refractivity contribution in [3.63, 3.8) is 0 Å². The normalized spacial score (nSPS) is 17.2. The summed E-state index contributed by atoms with van der Waals surface area (Å²) < 4.78 is 11.0. The Morgan fingerprint density at radius 2 is 2.22 bits per heavy atom. The number of fused-ring (bicyclic) bond motifs is 1. The first-order valence-corrected chi connectivity index (χ1v) is 5.51. The molecule has 2 N–H and O–H groups in total. The summed E-state index contributed by atoms with van der Waals surface area (Å²) in [4.78, 5) is 11.9. The number of benzene rings is 1. The number of carbonyl (C=O) groups excluding carboxylic acids is 1. The number of ether oxygens (including phenoxy) is 2. The first kappa shape index (κ1) is 10.6. The van der Waals surface area contributed by atoms with Crippen molar-refractivity contribution in [3.8, 4) is 11.5 Å². The van der Waals surface area contributed by atoms with E-state index in [0.717, 1.165) is 0 Å². The van der Waals surface area contributed by atoms with Gasteiger partial charge in [0, 0.05) is 6.20 Å². The maximum Gasteiger partial charge on any atom is 0.269 e. The first-order chi connectivity index (χ1) is 8.83. The van der Waals surface area contributed by atoms with Crippen LogP contribution in [-0.2, 0) is 4.79 Å². The Morgan fingerprint density at radius 1 is 1.39 bits per heavy atom. The van der Waals surface area contributed by atoms with E-state index in [4.69, 9.17) is 9.47 Å². The van der Waals surface area contributed by atoms with Crippen LogP contribution < -0.4 is 14.8 Å². The minimum atomic E-state index is -0.658. The molecule has 0 saturated carbocycles. The first-order valence-electron chi connectivity index (χ1n) is 5.51. The van der Waals surface area contributed by atoms with E-state index in [2.05, 4.69) is 15.5 Å². The fourth-order valence-corrected chi connectivity index (χ4v) is 1.69. The number of anilines is 1. The zero-order valence-electron chi connectivity index (χ0n) is 9.42. The average molecular weight is 245 g/mol. The Balaban J connectivity index is 1.70. The molecule has 3 rings (SSSR count). The van der Waals surface area contributed by atoms with Gasteiger partial charge in [0.2, 0.25) is 6.10 Å². The lowest BCUT2D eigenvalue weighted by atomic mass is 10.2. The fourth-order valence-electron chi connectivity index (χ4n) is 1.69. The molecule has 1 aliphatic rings. The zero-order valence-corrected chi connectivity index (χ0v) is 9.42. The molecular weight excluding hydrogens is 234 g/mol. The smallest absolute Gasteiger partial charge is 0.269 e. The Kier molecular flexibility index (Phi) is 2.60. The van der Waals surface area contributed by atoms with E-state index in [-0.39, 0.29) is 12.5 Å². The second-order valence-electron chi connectivity index (χ2n) is 3.84. The summed E-state index contributed by atoms with van der Waals surface area (Å²) in [7, 11) is 0. The van der Waals surface area contributed by atoms with Crippen molar-refractivity contribution >= 4 is 11.6 Å². The SMILES string of the molecule is O=C(Nc1cn[nH]c1)[C@@H]1COc2ccccc2O1. The highest BCUT2D eigenvalue weighted by Crippen LogP contribution is 2.31. The maximum absolute atomic E-state index is 11.9. The zero-order chi connectivity index (χ0) is 12.4. The van der Waals surface area contributed by atoms with Gasteiger partial charge in [-0.1, -0.05) is 12.1 Å². The van der Waals surface area contributed by atoms with Gasteiger partial charge in [-0.3, -0.25) is 9.89 Å². The summed E-state index contributed by atoms with van der Waals surface area (Å²) >= 11 is 0. The number of hydrogen-bond donors (Lipinski definition) is 2. The lowest BCUT2D eigenvalue weighted by Gasteiger charge is -2.25. The number of aromatic nitrogens is 2. The van der Waals surface area contributed by atoms with E-state index in [1.54, 1.807) is 18.3 Å². The van der Waals surface area contributed by atoms with Crippen molar-refractivity contribution < 1.29 is 14.3 Å². The summed E-state index contributed by atoms with van der Waals surface area (Å²) in [5.74, 6) is 0.979. The molecule has 1 aromatic heterocycles. The van der Waals surface area contributed by atoms with Crippen molar-refractivity contribution in [3.05, 3.63) is 36.7 Å². The molecule has 0 aliphatic carbocycles. The van der Waals surface area contributed by atoms with E-state index >= 15 is 0 Å². The minimum absolute atomic E-state index is 0.195. The number of H-pyrrole nitrogens is 1. The highest BCUT2D eigenvalue weighted by atomic mass is 16.6. The van der Waals surface area contributed by atoms with Gasteiger partial charge in [0.25, 0.3) is 5.91 Å². The Bertz CT molecular complexity index is 553. The topological polar surface area (TPSA) is 76.2 Å². The monoisotopic (exact) mass is 245 g/mol. The quantitative estimate of drug-likeness (QED) is 0.833. The van der Waals surface area contributed by atoms with Gasteiger partial charge in [-0.2, -0.15) is 5.10 Å². The van der Waals surface area contributed by atoms with Crippen LogP contribution in [0.1, 0.15) is 0 Å². The summed E-state index contributed by atoms with van der Waals surface area (Å²) in [5.41, 5.74) is 0.599. The number of amides is 1. The van der Waals surface area contributed by atoms with E-state index in [1.807, 2.05) is 12.1 Å². The van der Waals surface area contributed by atoms with Crippen molar-refractivity contribution in [2.24, 2.45) is 0 Å². The second-order valence-corrected chi connectivity index (χ2v) is 3.84. The second kappa shape index (κ2) is 4.40. The molecule has 92 valence electrons. The van der Waals surface area contributed by atoms with Gasteiger partial charge in [-0.05, 0) is 12.1 Å². The molecule has 1 aromatic carbocycles. The van der Waals surface area contributed by atoms with Crippen LogP contribution >= 0.6 is 0 Å². The molecule has 0 unspecified atom stereocenters. The van der Waals surface area contributed by atoms with Crippen LogP contribution in [0.4, 0.5) is 5.69 Å². The van der Waals surface area contributed by atoms with E-state index in [9.17, 15) is 4.79 Å². The molecule has 0 fully saturated rings. The average Bonchev–Trinajstić information content (AvgIpc) is 2.91. The number of hydrogen-bond acceptors (Lipinski definition) is 4. The van der Waals surface area contributed by atoms with Gasteiger partial charge in [-0.15, -0.1) is 0 Å². The van der Waals surface area contributed by atoms with Crippen LogP contribution in [0.3, 0.4) is 0 Å². The summed E-state index contributed by atoms with van der Waals surface area (Å²) in [6.45, 7) is 0.195. The molecule has 1 atom stereocenters. The molecule has 6 nitrogen and oxygen atoms in total. The van der Waals surface area contributed by atoms with Crippen LogP contribution in [-0.4, -0.2) is 28.8 Å². The predicted molar refractivity (Wildman–Crippen MR) is 63.6 cm³/mol. The fraction of sp³-hybridized carbons (Fsp3) is 0.167. The third kappa shape index (κ3) is 2.00. The van der Waals surface area contributed by atoms with Crippen LogP contribution in [0.5, 0.6) is 11.5 Å². The number of carbonyl (C=O) groups is 1. The van der Waals surface area contributed by atoms with Gasteiger partial charge in [0.15, 0.2) is 11.5 Å². The standard InChI is InChI=1S/C12H11N3O3/c16-12(15-8-5-13-14-6-8)11-7-17-9-3-1-2-4-10(9)18-11/h1-6,11H,7H2,(H,13,14)(H,15,16)/t11-/m0/s1. The Hall–Kier alpha value is -2.50. The van der Waals surface area contributed by atoms with Crippen molar-refractivity contribution in [1.29, 1.82) is 0 Å².